The molecule has 1 aliphatic carbocycles. The van der Waals surface area contributed by atoms with Gasteiger partial charge in [-0.2, -0.15) is 0 Å². The van der Waals surface area contributed by atoms with Gasteiger partial charge in [0.05, 0.1) is 13.4 Å². The van der Waals surface area contributed by atoms with Crippen molar-refractivity contribution in [3.63, 3.8) is 0 Å². The summed E-state index contributed by atoms with van der Waals surface area (Å²) >= 11 is 0. The first-order valence-corrected chi connectivity index (χ1v) is 11.6. The molecule has 7 nitrogen and oxygen atoms in total. The lowest BCUT2D eigenvalue weighted by atomic mass is 10.0. The zero-order valence-corrected chi connectivity index (χ0v) is 19.9. The predicted molar refractivity (Wildman–Crippen MR) is 132 cm³/mol. The Morgan fingerprint density at radius 1 is 1.00 bits per heavy atom. The molecule has 0 saturated heterocycles. The van der Waals surface area contributed by atoms with Crippen LogP contribution in [0, 0.1) is 0 Å². The Labute approximate surface area is 200 Å². The number of amides is 2. The molecule has 34 heavy (non-hydrogen) atoms. The minimum Gasteiger partial charge on any atom is -0.497 e. The quantitative estimate of drug-likeness (QED) is 0.522. The van der Waals surface area contributed by atoms with Gasteiger partial charge in [0.1, 0.15) is 11.8 Å². The van der Waals surface area contributed by atoms with Gasteiger partial charge >= 0.3 is 0 Å². The molecule has 3 aromatic rings. The number of ether oxygens (including phenoxy) is 1. The molecule has 2 aromatic carbocycles. The average molecular weight is 462 g/mol. The van der Waals surface area contributed by atoms with Gasteiger partial charge in [0.2, 0.25) is 5.91 Å². The molecule has 0 spiro atoms. The van der Waals surface area contributed by atoms with Gasteiger partial charge in [-0.15, -0.1) is 0 Å². The van der Waals surface area contributed by atoms with Crippen molar-refractivity contribution in [2.75, 3.05) is 31.0 Å². The summed E-state index contributed by atoms with van der Waals surface area (Å²) in [4.78, 5) is 31.0. The van der Waals surface area contributed by atoms with Gasteiger partial charge in [-0.05, 0) is 54.8 Å². The van der Waals surface area contributed by atoms with Crippen LogP contribution in [0.3, 0.4) is 0 Å². The van der Waals surface area contributed by atoms with Gasteiger partial charge < -0.3 is 19.4 Å². The molecule has 4 rings (SSSR count). The minimum absolute atomic E-state index is 0.113. The largest absolute Gasteiger partial charge is 0.497 e. The van der Waals surface area contributed by atoms with Gasteiger partial charge in [-0.25, -0.2) is 0 Å². The summed E-state index contributed by atoms with van der Waals surface area (Å²) in [5.74, 6) is 0.132. The molecule has 2 amide bonds. The van der Waals surface area contributed by atoms with E-state index in [2.05, 4.69) is 5.32 Å². The number of methoxy groups -OCH3 is 1. The fourth-order valence-electron chi connectivity index (χ4n) is 4.39. The van der Waals surface area contributed by atoms with Gasteiger partial charge in [0, 0.05) is 37.6 Å². The molecule has 0 unspecified atom stereocenters. The lowest BCUT2D eigenvalue weighted by molar-refractivity contribution is -0.123. The van der Waals surface area contributed by atoms with Gasteiger partial charge in [-0.1, -0.05) is 31.0 Å². The first kappa shape index (κ1) is 23.4. The third kappa shape index (κ3) is 5.09. The van der Waals surface area contributed by atoms with E-state index in [1.54, 1.807) is 43.5 Å². The summed E-state index contributed by atoms with van der Waals surface area (Å²) in [5.41, 5.74) is 2.26. The topological polar surface area (TPSA) is 75.0 Å². The monoisotopic (exact) mass is 461 g/mol. The minimum atomic E-state index is -0.887. The number of rotatable bonds is 8. The molecule has 1 N–H and O–H groups in total. The lowest BCUT2D eigenvalue weighted by Gasteiger charge is -2.32. The molecule has 0 radical (unpaired) electrons. The normalized spacial score (nSPS) is 14.4. The highest BCUT2D eigenvalue weighted by Crippen LogP contribution is 2.33. The second kappa shape index (κ2) is 10.5. The molecule has 0 aliphatic heterocycles. The maximum atomic E-state index is 13.8. The van der Waals surface area contributed by atoms with E-state index in [9.17, 15) is 9.59 Å². The number of benzene rings is 2. The maximum absolute atomic E-state index is 13.8. The van der Waals surface area contributed by atoms with E-state index < -0.39 is 11.9 Å². The van der Waals surface area contributed by atoms with Crippen LogP contribution in [-0.4, -0.2) is 39.1 Å². The number of nitrogens with one attached hydrogen (secondary N) is 1. The van der Waals surface area contributed by atoms with E-state index in [0.29, 0.717) is 17.0 Å². The highest BCUT2D eigenvalue weighted by atomic mass is 16.5. The summed E-state index contributed by atoms with van der Waals surface area (Å²) < 4.78 is 10.8. The molecule has 1 fully saturated rings. The third-order valence-electron chi connectivity index (χ3n) is 6.22. The molecule has 178 valence electrons. The number of anilines is 2. The average Bonchev–Trinajstić information content (AvgIpc) is 3.57. The number of nitrogens with zero attached hydrogens (tertiary/aromatic N) is 2. The van der Waals surface area contributed by atoms with E-state index in [4.69, 9.17) is 9.15 Å². The van der Waals surface area contributed by atoms with Crippen LogP contribution in [0.2, 0.25) is 0 Å². The van der Waals surface area contributed by atoms with E-state index >= 15 is 0 Å². The number of carbonyl (C=O) groups is 2. The van der Waals surface area contributed by atoms with E-state index in [-0.39, 0.29) is 17.7 Å². The number of furan rings is 1. The summed E-state index contributed by atoms with van der Waals surface area (Å²) in [7, 11) is 5.49. The number of carbonyl (C=O) groups excluding carboxylic acids is 2. The molecule has 1 atom stereocenters. The van der Waals surface area contributed by atoms with Crippen molar-refractivity contribution in [2.24, 2.45) is 0 Å². The Balaban J connectivity index is 1.81. The molecular formula is C27H31N3O4. The van der Waals surface area contributed by atoms with Gasteiger partial charge in [0.15, 0.2) is 5.76 Å². The summed E-state index contributed by atoms with van der Waals surface area (Å²) in [6, 6.07) is 17.4. The Kier molecular flexibility index (Phi) is 7.21. The van der Waals surface area contributed by atoms with Gasteiger partial charge in [-0.3, -0.25) is 14.5 Å². The molecule has 7 heteroatoms. The van der Waals surface area contributed by atoms with Crippen molar-refractivity contribution < 1.29 is 18.7 Å². The molecule has 1 aromatic heterocycles. The Hall–Kier alpha value is -3.74. The molecule has 0 bridgehead atoms. The van der Waals surface area contributed by atoms with Crippen LogP contribution >= 0.6 is 0 Å². The van der Waals surface area contributed by atoms with Crippen LogP contribution in [0.5, 0.6) is 5.75 Å². The summed E-state index contributed by atoms with van der Waals surface area (Å²) in [5, 5.41) is 3.19. The SMILES string of the molecule is COc1cccc(N(C(=O)c2ccco2)[C@H](C(=O)NC2CCCC2)c2ccc(N(C)C)cc2)c1. The zero-order valence-electron chi connectivity index (χ0n) is 19.9. The van der Waals surface area contributed by atoms with Crippen LogP contribution in [-0.2, 0) is 4.79 Å². The Morgan fingerprint density at radius 3 is 2.35 bits per heavy atom. The van der Waals surface area contributed by atoms with Crippen molar-refractivity contribution in [3.8, 4) is 5.75 Å². The maximum Gasteiger partial charge on any atom is 0.294 e. The Bertz CT molecular complexity index is 1100. The van der Waals surface area contributed by atoms with Crippen LogP contribution in [0.4, 0.5) is 11.4 Å². The predicted octanol–water partition coefficient (Wildman–Crippen LogP) is 4.80. The fourth-order valence-corrected chi connectivity index (χ4v) is 4.39. The van der Waals surface area contributed by atoms with E-state index in [0.717, 1.165) is 31.4 Å². The highest BCUT2D eigenvalue weighted by Gasteiger charge is 2.36. The zero-order chi connectivity index (χ0) is 24.1. The number of hydrogen-bond donors (Lipinski definition) is 1. The van der Waals surface area contributed by atoms with Gasteiger partial charge in [0.25, 0.3) is 5.91 Å². The fraction of sp³-hybridized carbons (Fsp3) is 0.333. The number of hydrogen-bond acceptors (Lipinski definition) is 5. The smallest absolute Gasteiger partial charge is 0.294 e. The lowest BCUT2D eigenvalue weighted by Crippen LogP contribution is -2.46. The van der Waals surface area contributed by atoms with Crippen LogP contribution in [0.1, 0.15) is 47.8 Å². The summed E-state index contributed by atoms with van der Waals surface area (Å²) in [6.45, 7) is 0. The highest BCUT2D eigenvalue weighted by molar-refractivity contribution is 6.08. The van der Waals surface area contributed by atoms with Crippen LogP contribution < -0.4 is 19.9 Å². The van der Waals surface area contributed by atoms with E-state index in [1.807, 2.05) is 43.3 Å². The summed E-state index contributed by atoms with van der Waals surface area (Å²) in [6.07, 6.45) is 5.54. The second-order valence-corrected chi connectivity index (χ2v) is 8.73. The first-order valence-electron chi connectivity index (χ1n) is 11.6. The molecule has 1 aliphatic rings. The first-order chi connectivity index (χ1) is 16.5. The molecule has 1 saturated carbocycles. The van der Waals surface area contributed by atoms with Crippen molar-refractivity contribution in [3.05, 3.63) is 78.3 Å². The Morgan fingerprint density at radius 2 is 1.74 bits per heavy atom. The molecular weight excluding hydrogens is 430 g/mol. The standard InChI is InChI=1S/C27H31N3O4/c1-29(2)21-15-13-19(14-16-21)25(26(31)28-20-8-4-5-9-20)30(27(32)24-12-7-17-34-24)22-10-6-11-23(18-22)33-3/h6-7,10-18,20,25H,4-5,8-9H2,1-3H3,(H,28,31)/t25-/m0/s1. The van der Waals surface area contributed by atoms with Crippen LogP contribution in [0.15, 0.2) is 71.3 Å². The van der Waals surface area contributed by atoms with Crippen molar-refractivity contribution >= 4 is 23.2 Å². The van der Waals surface area contributed by atoms with Crippen molar-refractivity contribution in [1.82, 2.24) is 5.32 Å². The molecule has 1 heterocycles. The van der Waals surface area contributed by atoms with E-state index in [1.165, 1.54) is 11.2 Å². The second-order valence-electron chi connectivity index (χ2n) is 8.73. The third-order valence-corrected chi connectivity index (χ3v) is 6.22. The van der Waals surface area contributed by atoms with Crippen molar-refractivity contribution in [1.29, 1.82) is 0 Å². The van der Waals surface area contributed by atoms with Crippen LogP contribution in [0.25, 0.3) is 0 Å². The van der Waals surface area contributed by atoms with Crippen molar-refractivity contribution in [2.45, 2.75) is 37.8 Å².